The zero-order valence-corrected chi connectivity index (χ0v) is 19.4. The van der Waals surface area contributed by atoms with Gasteiger partial charge in [-0.2, -0.15) is 0 Å². The van der Waals surface area contributed by atoms with Gasteiger partial charge in [0.2, 0.25) is 0 Å². The van der Waals surface area contributed by atoms with Gasteiger partial charge in [0.05, 0.1) is 58.5 Å². The minimum atomic E-state index is -0.848. The Bertz CT molecular complexity index is 1010. The highest BCUT2D eigenvalue weighted by Gasteiger charge is 2.18. The lowest BCUT2D eigenvalue weighted by Gasteiger charge is -2.14. The lowest BCUT2D eigenvalue weighted by atomic mass is 10.1. The number of amides is 4. The van der Waals surface area contributed by atoms with Gasteiger partial charge in [0.1, 0.15) is 0 Å². The van der Waals surface area contributed by atoms with Gasteiger partial charge in [-0.15, -0.1) is 0 Å². The molecule has 0 bridgehead atoms. The topological polar surface area (TPSA) is 149 Å². The second-order valence-electron chi connectivity index (χ2n) is 6.98. The predicted octanol–water partition coefficient (Wildman–Crippen LogP) is 3.42. The largest absolute Gasteiger partial charge is 0.462 e. The van der Waals surface area contributed by atoms with E-state index in [0.29, 0.717) is 22.8 Å². The monoisotopic (exact) mass is 457 g/mol. The zero-order chi connectivity index (χ0) is 24.7. The summed E-state index contributed by atoms with van der Waals surface area (Å²) in [5.41, 5.74) is 2.70. The van der Waals surface area contributed by atoms with E-state index in [-0.39, 0.29) is 35.7 Å². The number of nitrogens with one attached hydrogen (secondary N) is 3. The van der Waals surface area contributed by atoms with Crippen LogP contribution in [-0.4, -0.2) is 47.2 Å². The summed E-state index contributed by atoms with van der Waals surface area (Å²) >= 11 is 0. The number of hydrogen-bond acceptors (Lipinski definition) is 8. The lowest BCUT2D eigenvalue weighted by molar-refractivity contribution is 0.0515. The molecule has 2 aromatic heterocycles. The molecule has 33 heavy (non-hydrogen) atoms. The van der Waals surface area contributed by atoms with Crippen LogP contribution >= 0.6 is 0 Å². The molecule has 2 rings (SSSR count). The molecule has 11 heteroatoms. The number of anilines is 2. The van der Waals surface area contributed by atoms with Crippen molar-refractivity contribution in [3.63, 3.8) is 0 Å². The van der Waals surface area contributed by atoms with Gasteiger partial charge >= 0.3 is 24.0 Å². The second-order valence-corrected chi connectivity index (χ2v) is 6.98. The van der Waals surface area contributed by atoms with Crippen molar-refractivity contribution in [2.45, 2.75) is 41.5 Å². The number of imide groups is 1. The van der Waals surface area contributed by atoms with Gasteiger partial charge in [0.15, 0.2) is 0 Å². The standard InChI is InChI=1S/C22H27N5O6/c1-7-32-19(28)15-9-17(13(5)23-11(15)3)25-21(30)27-22(31)26-18-10-16(20(29)33-8-2)12(4)24-14(18)6/h9-10H,7-8H2,1-6H3,(H3,25,26,27,30,31). The van der Waals surface area contributed by atoms with Crippen LogP contribution in [-0.2, 0) is 9.47 Å². The van der Waals surface area contributed by atoms with Crippen LogP contribution in [0.3, 0.4) is 0 Å². The Morgan fingerprint density at radius 2 is 1.06 bits per heavy atom. The van der Waals surface area contributed by atoms with Gasteiger partial charge in [-0.3, -0.25) is 15.3 Å². The van der Waals surface area contributed by atoms with Gasteiger partial charge < -0.3 is 20.1 Å². The van der Waals surface area contributed by atoms with Crippen LogP contribution in [0.25, 0.3) is 0 Å². The SMILES string of the molecule is CCOC(=O)c1cc(NC(=O)NC(=O)Nc2cc(C(=O)OCC)c(C)nc2C)c(C)nc1C. The number of aromatic nitrogens is 2. The zero-order valence-electron chi connectivity index (χ0n) is 19.4. The minimum absolute atomic E-state index is 0.195. The molecule has 2 heterocycles. The maximum absolute atomic E-state index is 12.3. The van der Waals surface area contributed by atoms with Crippen molar-refractivity contribution >= 4 is 35.4 Å². The normalized spacial score (nSPS) is 10.2. The molecular weight excluding hydrogens is 430 g/mol. The minimum Gasteiger partial charge on any atom is -0.462 e. The maximum Gasteiger partial charge on any atom is 0.340 e. The predicted molar refractivity (Wildman–Crippen MR) is 121 cm³/mol. The fraction of sp³-hybridized carbons (Fsp3) is 0.364. The molecule has 2 aromatic rings. The third-order valence-corrected chi connectivity index (χ3v) is 4.52. The fourth-order valence-corrected chi connectivity index (χ4v) is 2.94. The van der Waals surface area contributed by atoms with E-state index in [1.54, 1.807) is 41.5 Å². The molecule has 3 N–H and O–H groups in total. The molecule has 0 aromatic carbocycles. The summed E-state index contributed by atoms with van der Waals surface area (Å²) < 4.78 is 9.98. The fourth-order valence-electron chi connectivity index (χ4n) is 2.94. The Hall–Kier alpha value is -4.02. The van der Waals surface area contributed by atoms with E-state index in [1.807, 2.05) is 0 Å². The average Bonchev–Trinajstić information content (AvgIpc) is 2.72. The molecule has 0 radical (unpaired) electrons. The quantitative estimate of drug-likeness (QED) is 0.559. The van der Waals surface area contributed by atoms with Crippen LogP contribution in [0, 0.1) is 27.7 Å². The Kier molecular flexibility index (Phi) is 8.43. The van der Waals surface area contributed by atoms with Crippen molar-refractivity contribution in [1.29, 1.82) is 0 Å². The molecule has 0 saturated heterocycles. The van der Waals surface area contributed by atoms with Gasteiger partial charge in [0, 0.05) is 0 Å². The average molecular weight is 457 g/mol. The van der Waals surface area contributed by atoms with Crippen molar-refractivity contribution in [3.8, 4) is 0 Å². The summed E-state index contributed by atoms with van der Waals surface area (Å²) in [5, 5.41) is 7.10. The van der Waals surface area contributed by atoms with Gasteiger partial charge in [-0.25, -0.2) is 19.2 Å². The molecule has 0 spiro atoms. The summed E-state index contributed by atoms with van der Waals surface area (Å²) in [6, 6.07) is 1.18. The molecule has 0 aliphatic heterocycles. The first-order chi connectivity index (χ1) is 15.6. The highest BCUT2D eigenvalue weighted by atomic mass is 16.5. The summed E-state index contributed by atoms with van der Waals surface area (Å²) in [6.07, 6.45) is 0. The van der Waals surface area contributed by atoms with Gasteiger partial charge in [-0.1, -0.05) is 0 Å². The van der Waals surface area contributed by atoms with Crippen LogP contribution in [0.5, 0.6) is 0 Å². The molecule has 0 unspecified atom stereocenters. The van der Waals surface area contributed by atoms with Crippen molar-refractivity contribution < 1.29 is 28.7 Å². The number of rotatable bonds is 6. The molecule has 0 aliphatic carbocycles. The van der Waals surface area contributed by atoms with E-state index >= 15 is 0 Å². The summed E-state index contributed by atoms with van der Waals surface area (Å²) in [6.45, 7) is 10.4. The van der Waals surface area contributed by atoms with Gasteiger partial charge in [0.25, 0.3) is 0 Å². The van der Waals surface area contributed by atoms with Crippen LogP contribution in [0.2, 0.25) is 0 Å². The van der Waals surface area contributed by atoms with Crippen LogP contribution in [0.4, 0.5) is 21.0 Å². The van der Waals surface area contributed by atoms with Crippen LogP contribution in [0.1, 0.15) is 57.3 Å². The number of carbonyl (C=O) groups is 4. The third-order valence-electron chi connectivity index (χ3n) is 4.52. The van der Waals surface area contributed by atoms with E-state index in [2.05, 4.69) is 25.9 Å². The van der Waals surface area contributed by atoms with E-state index in [1.165, 1.54) is 12.1 Å². The summed E-state index contributed by atoms with van der Waals surface area (Å²) in [4.78, 5) is 57.3. The number of ether oxygens (including phenoxy) is 2. The first-order valence-corrected chi connectivity index (χ1v) is 10.3. The molecule has 11 nitrogen and oxygen atoms in total. The molecule has 4 amide bonds. The maximum atomic E-state index is 12.3. The highest BCUT2D eigenvalue weighted by Crippen LogP contribution is 2.20. The Labute approximate surface area is 191 Å². The Balaban J connectivity index is 2.12. The van der Waals surface area contributed by atoms with Crippen molar-refractivity contribution in [2.24, 2.45) is 0 Å². The number of pyridine rings is 2. The van der Waals surface area contributed by atoms with Gasteiger partial charge in [-0.05, 0) is 53.7 Å². The Morgan fingerprint density at radius 3 is 1.39 bits per heavy atom. The molecular formula is C22H27N5O6. The molecule has 0 fully saturated rings. The Morgan fingerprint density at radius 1 is 0.697 bits per heavy atom. The van der Waals surface area contributed by atoms with Crippen molar-refractivity contribution in [3.05, 3.63) is 46.0 Å². The second kappa shape index (κ2) is 11.0. The van der Waals surface area contributed by atoms with E-state index in [4.69, 9.17) is 9.47 Å². The highest BCUT2D eigenvalue weighted by molar-refractivity contribution is 6.06. The molecule has 176 valence electrons. The van der Waals surface area contributed by atoms with Crippen LogP contribution in [0.15, 0.2) is 12.1 Å². The molecule has 0 aliphatic rings. The van der Waals surface area contributed by atoms with Crippen molar-refractivity contribution in [1.82, 2.24) is 15.3 Å². The number of urea groups is 2. The number of carbonyl (C=O) groups excluding carboxylic acids is 4. The first-order valence-electron chi connectivity index (χ1n) is 10.3. The lowest BCUT2D eigenvalue weighted by Crippen LogP contribution is -2.38. The van der Waals surface area contributed by atoms with E-state index in [0.717, 1.165) is 0 Å². The first kappa shape index (κ1) is 25.2. The number of nitrogens with zero attached hydrogens (tertiary/aromatic N) is 2. The summed E-state index contributed by atoms with van der Waals surface area (Å²) in [7, 11) is 0. The van der Waals surface area contributed by atoms with Crippen molar-refractivity contribution in [2.75, 3.05) is 23.8 Å². The third kappa shape index (κ3) is 6.48. The van der Waals surface area contributed by atoms with Crippen LogP contribution < -0.4 is 16.0 Å². The number of hydrogen-bond donors (Lipinski definition) is 3. The summed E-state index contributed by atoms with van der Waals surface area (Å²) in [5.74, 6) is -1.13. The molecule has 0 saturated carbocycles. The smallest absolute Gasteiger partial charge is 0.340 e. The molecule has 0 atom stereocenters. The van der Waals surface area contributed by atoms with E-state index < -0.39 is 24.0 Å². The van der Waals surface area contributed by atoms with E-state index in [9.17, 15) is 19.2 Å². The number of aryl methyl sites for hydroxylation is 4. The number of esters is 2.